The second kappa shape index (κ2) is 8.34. The zero-order valence-corrected chi connectivity index (χ0v) is 17.5. The van der Waals surface area contributed by atoms with Gasteiger partial charge in [0.05, 0.1) is 10.1 Å². The average Bonchev–Trinajstić information content (AvgIpc) is 2.68. The number of nitrogens with zero attached hydrogens (tertiary/aromatic N) is 1. The Bertz CT molecular complexity index is 1110. The molecule has 0 aliphatic rings. The summed E-state index contributed by atoms with van der Waals surface area (Å²) in [6, 6.07) is 20.5. The third kappa shape index (κ3) is 4.55. The molecule has 0 fully saturated rings. The van der Waals surface area contributed by atoms with Crippen molar-refractivity contribution in [3.05, 3.63) is 66.7 Å². The lowest BCUT2D eigenvalue weighted by atomic mass is 10.1. The minimum Gasteiger partial charge on any atom is -0.325 e. The Morgan fingerprint density at radius 1 is 0.964 bits per heavy atom. The summed E-state index contributed by atoms with van der Waals surface area (Å²) in [7, 11) is -0.598. The standard InChI is InChI=1S/C21H22N2O3S2/c1-15(27-19-12-11-16-7-4-5-8-17(16)13-19)21(24)22-18-9-6-10-20(14-18)28(25,26)23(2)3/h4-15H,1-3H3,(H,22,24)/t15-/m1/s1. The van der Waals surface area contributed by atoms with E-state index in [1.165, 1.54) is 38.0 Å². The average molecular weight is 415 g/mol. The van der Waals surface area contributed by atoms with Gasteiger partial charge in [0.2, 0.25) is 15.9 Å². The van der Waals surface area contributed by atoms with Crippen molar-refractivity contribution >= 4 is 44.2 Å². The molecule has 1 amide bonds. The van der Waals surface area contributed by atoms with Crippen molar-refractivity contribution in [3.63, 3.8) is 0 Å². The molecule has 0 saturated heterocycles. The molecular weight excluding hydrogens is 392 g/mol. The van der Waals surface area contributed by atoms with Crippen LogP contribution in [0.4, 0.5) is 5.69 Å². The Kier molecular flexibility index (Phi) is 6.07. The van der Waals surface area contributed by atoms with Crippen molar-refractivity contribution in [2.45, 2.75) is 22.0 Å². The minimum absolute atomic E-state index is 0.144. The van der Waals surface area contributed by atoms with E-state index < -0.39 is 10.0 Å². The van der Waals surface area contributed by atoms with Gasteiger partial charge in [-0.3, -0.25) is 4.79 Å². The first kappa shape index (κ1) is 20.4. The minimum atomic E-state index is -3.55. The van der Waals surface area contributed by atoms with Crippen LogP contribution in [0.5, 0.6) is 0 Å². The zero-order valence-electron chi connectivity index (χ0n) is 15.9. The highest BCUT2D eigenvalue weighted by molar-refractivity contribution is 8.00. The van der Waals surface area contributed by atoms with Crippen LogP contribution in [0.15, 0.2) is 76.5 Å². The monoisotopic (exact) mass is 414 g/mol. The van der Waals surface area contributed by atoms with Crippen LogP contribution in [0.2, 0.25) is 0 Å². The largest absolute Gasteiger partial charge is 0.325 e. The van der Waals surface area contributed by atoms with E-state index in [9.17, 15) is 13.2 Å². The molecule has 5 nitrogen and oxygen atoms in total. The van der Waals surface area contributed by atoms with Crippen molar-refractivity contribution in [2.75, 3.05) is 19.4 Å². The number of carbonyl (C=O) groups excluding carboxylic acids is 1. The number of hydrogen-bond donors (Lipinski definition) is 1. The molecule has 0 aliphatic heterocycles. The topological polar surface area (TPSA) is 66.5 Å². The number of hydrogen-bond acceptors (Lipinski definition) is 4. The summed E-state index contributed by atoms with van der Waals surface area (Å²) in [5.41, 5.74) is 0.457. The lowest BCUT2D eigenvalue weighted by molar-refractivity contribution is -0.115. The summed E-state index contributed by atoms with van der Waals surface area (Å²) >= 11 is 1.46. The first-order valence-corrected chi connectivity index (χ1v) is 11.1. The van der Waals surface area contributed by atoms with Gasteiger partial charge in [-0.25, -0.2) is 12.7 Å². The van der Waals surface area contributed by atoms with Gasteiger partial charge >= 0.3 is 0 Å². The molecule has 1 atom stereocenters. The van der Waals surface area contributed by atoms with Crippen LogP contribution in [0.3, 0.4) is 0 Å². The number of benzene rings is 3. The van der Waals surface area contributed by atoms with Crippen LogP contribution in [0.25, 0.3) is 10.8 Å². The van der Waals surface area contributed by atoms with Crippen molar-refractivity contribution < 1.29 is 13.2 Å². The molecule has 3 aromatic rings. The number of sulfonamides is 1. The number of thioether (sulfide) groups is 1. The molecule has 3 aromatic carbocycles. The molecule has 28 heavy (non-hydrogen) atoms. The molecule has 0 saturated carbocycles. The first-order chi connectivity index (χ1) is 13.3. The fourth-order valence-corrected chi connectivity index (χ4v) is 4.55. The van der Waals surface area contributed by atoms with Gasteiger partial charge in [-0.1, -0.05) is 36.4 Å². The highest BCUT2D eigenvalue weighted by Gasteiger charge is 2.19. The maximum absolute atomic E-state index is 12.6. The molecular formula is C21H22N2O3S2. The Morgan fingerprint density at radius 3 is 2.39 bits per heavy atom. The van der Waals surface area contributed by atoms with E-state index in [0.717, 1.165) is 20.0 Å². The molecule has 0 heterocycles. The summed E-state index contributed by atoms with van der Waals surface area (Å²) in [6.07, 6.45) is 0. The Hall–Kier alpha value is -2.35. The van der Waals surface area contributed by atoms with Gasteiger partial charge in [0.1, 0.15) is 0 Å². The first-order valence-electron chi connectivity index (χ1n) is 8.76. The Balaban J connectivity index is 1.72. The molecule has 0 bridgehead atoms. The third-order valence-electron chi connectivity index (χ3n) is 4.28. The summed E-state index contributed by atoms with van der Waals surface area (Å²) in [5.74, 6) is -0.183. The van der Waals surface area contributed by atoms with Crippen LogP contribution < -0.4 is 5.32 Å². The van der Waals surface area contributed by atoms with Crippen molar-refractivity contribution in [1.29, 1.82) is 0 Å². The second-order valence-electron chi connectivity index (χ2n) is 6.57. The van der Waals surface area contributed by atoms with Crippen molar-refractivity contribution in [3.8, 4) is 0 Å². The van der Waals surface area contributed by atoms with Crippen LogP contribution in [0.1, 0.15) is 6.92 Å². The van der Waals surface area contributed by atoms with Gasteiger partial charge in [-0.05, 0) is 48.0 Å². The van der Waals surface area contributed by atoms with Crippen LogP contribution in [-0.2, 0) is 14.8 Å². The molecule has 1 N–H and O–H groups in total. The number of amides is 1. The molecule has 0 unspecified atom stereocenters. The number of fused-ring (bicyclic) bond motifs is 1. The van der Waals surface area contributed by atoms with E-state index in [2.05, 4.69) is 17.4 Å². The van der Waals surface area contributed by atoms with Crippen molar-refractivity contribution in [2.24, 2.45) is 0 Å². The lowest BCUT2D eigenvalue weighted by Gasteiger charge is -2.15. The zero-order chi connectivity index (χ0) is 20.3. The summed E-state index contributed by atoms with van der Waals surface area (Å²) in [4.78, 5) is 13.7. The molecule has 7 heteroatoms. The quantitative estimate of drug-likeness (QED) is 0.614. The van der Waals surface area contributed by atoms with Gasteiger partial charge in [-0.15, -0.1) is 11.8 Å². The smallest absolute Gasteiger partial charge is 0.242 e. The number of carbonyl (C=O) groups is 1. The third-order valence-corrected chi connectivity index (χ3v) is 7.19. The van der Waals surface area contributed by atoms with Gasteiger partial charge in [0, 0.05) is 24.7 Å². The van der Waals surface area contributed by atoms with E-state index in [-0.39, 0.29) is 16.1 Å². The Morgan fingerprint density at radius 2 is 1.68 bits per heavy atom. The summed E-state index contributed by atoms with van der Waals surface area (Å²) in [5, 5.41) is 4.75. The number of rotatable bonds is 6. The van der Waals surface area contributed by atoms with Gasteiger partial charge < -0.3 is 5.32 Å². The van der Waals surface area contributed by atoms with E-state index >= 15 is 0 Å². The highest BCUT2D eigenvalue weighted by atomic mass is 32.2. The fourth-order valence-electron chi connectivity index (χ4n) is 2.69. The van der Waals surface area contributed by atoms with Gasteiger partial charge in [-0.2, -0.15) is 0 Å². The van der Waals surface area contributed by atoms with E-state index in [4.69, 9.17) is 0 Å². The maximum atomic E-state index is 12.6. The molecule has 0 aromatic heterocycles. The maximum Gasteiger partial charge on any atom is 0.242 e. The second-order valence-corrected chi connectivity index (χ2v) is 10.1. The normalized spacial score (nSPS) is 12.9. The van der Waals surface area contributed by atoms with Crippen molar-refractivity contribution in [1.82, 2.24) is 4.31 Å². The Labute approximate surface area is 169 Å². The van der Waals surface area contributed by atoms with Crippen LogP contribution >= 0.6 is 11.8 Å². The van der Waals surface area contributed by atoms with Gasteiger partial charge in [0.25, 0.3) is 0 Å². The van der Waals surface area contributed by atoms with E-state index in [1.807, 2.05) is 37.3 Å². The van der Waals surface area contributed by atoms with Crippen LogP contribution in [-0.4, -0.2) is 38.0 Å². The number of nitrogens with one attached hydrogen (secondary N) is 1. The molecule has 0 spiro atoms. The summed E-state index contributed by atoms with van der Waals surface area (Å²) < 4.78 is 25.7. The van der Waals surface area contributed by atoms with Crippen LogP contribution in [0, 0.1) is 0 Å². The predicted octanol–water partition coefficient (Wildman–Crippen LogP) is 4.21. The fraction of sp³-hybridized carbons (Fsp3) is 0.190. The highest BCUT2D eigenvalue weighted by Crippen LogP contribution is 2.28. The molecule has 146 valence electrons. The number of anilines is 1. The van der Waals surface area contributed by atoms with E-state index in [0.29, 0.717) is 5.69 Å². The SMILES string of the molecule is C[C@@H](Sc1ccc2ccccc2c1)C(=O)Nc1cccc(S(=O)(=O)N(C)C)c1. The molecule has 0 radical (unpaired) electrons. The lowest BCUT2D eigenvalue weighted by Crippen LogP contribution is -2.24. The molecule has 0 aliphatic carbocycles. The predicted molar refractivity (Wildman–Crippen MR) is 115 cm³/mol. The summed E-state index contributed by atoms with van der Waals surface area (Å²) in [6.45, 7) is 1.83. The van der Waals surface area contributed by atoms with E-state index in [1.54, 1.807) is 12.1 Å². The van der Waals surface area contributed by atoms with Gasteiger partial charge in [0.15, 0.2) is 0 Å². The molecule has 3 rings (SSSR count).